The van der Waals surface area contributed by atoms with E-state index < -0.39 is 0 Å². The van der Waals surface area contributed by atoms with Gasteiger partial charge in [0.25, 0.3) is 0 Å². The number of hydrogen-bond acceptors (Lipinski definition) is 4. The molecule has 2 aromatic carbocycles. The maximum absolute atomic E-state index is 5.83. The van der Waals surface area contributed by atoms with Crippen molar-refractivity contribution in [3.05, 3.63) is 53.8 Å². The molecule has 0 amide bonds. The normalized spacial score (nSPS) is 10.6. The summed E-state index contributed by atoms with van der Waals surface area (Å²) in [7, 11) is 0. The summed E-state index contributed by atoms with van der Waals surface area (Å²) in [5.41, 5.74) is 7.13. The minimum Gasteiger partial charge on any atom is -0.438 e. The Morgan fingerprint density at radius 3 is 2.58 bits per heavy atom. The quantitative estimate of drug-likeness (QED) is 0.723. The third-order valence-corrected chi connectivity index (χ3v) is 2.90. The molecular weight excluding hydrogens is 262 g/mol. The Morgan fingerprint density at radius 1 is 1.00 bits per heavy atom. The number of nitrogen functional groups attached to an aromatic ring is 1. The highest BCUT2D eigenvalue weighted by Crippen LogP contribution is 2.28. The van der Waals surface area contributed by atoms with Gasteiger partial charge >= 0.3 is 0 Å². The predicted octanol–water partition coefficient (Wildman–Crippen LogP) is 3.66. The lowest BCUT2D eigenvalue weighted by molar-refractivity contribution is 0.468. The number of benzene rings is 2. The summed E-state index contributed by atoms with van der Waals surface area (Å²) in [6.45, 7) is 0. The lowest BCUT2D eigenvalue weighted by Gasteiger charge is -2.07. The molecule has 0 aliphatic heterocycles. The van der Waals surface area contributed by atoms with E-state index in [2.05, 4.69) is 9.97 Å². The van der Waals surface area contributed by atoms with E-state index in [1.165, 1.54) is 6.33 Å². The number of fused-ring (bicyclic) bond motifs is 1. The first-order chi connectivity index (χ1) is 9.22. The number of aromatic nitrogens is 2. The van der Waals surface area contributed by atoms with Crippen molar-refractivity contribution in [2.45, 2.75) is 0 Å². The first kappa shape index (κ1) is 11.7. The summed E-state index contributed by atoms with van der Waals surface area (Å²) >= 11 is 5.83. The van der Waals surface area contributed by atoms with E-state index in [1.54, 1.807) is 36.4 Å². The molecule has 3 aromatic rings. The van der Waals surface area contributed by atoms with Crippen LogP contribution in [0.5, 0.6) is 11.6 Å². The van der Waals surface area contributed by atoms with E-state index in [4.69, 9.17) is 22.1 Å². The second-order valence-corrected chi connectivity index (χ2v) is 4.45. The number of nitrogens with zero attached hydrogens (tertiary/aromatic N) is 2. The van der Waals surface area contributed by atoms with Gasteiger partial charge in [-0.25, -0.2) is 9.97 Å². The van der Waals surface area contributed by atoms with Crippen molar-refractivity contribution < 1.29 is 4.74 Å². The molecule has 0 aliphatic rings. The molecular formula is C14H10ClN3O. The van der Waals surface area contributed by atoms with Gasteiger partial charge in [0.05, 0.1) is 10.9 Å². The number of nitrogens with two attached hydrogens (primary N) is 1. The second-order valence-electron chi connectivity index (χ2n) is 4.01. The molecule has 0 unspecified atom stereocenters. The van der Waals surface area contributed by atoms with Crippen LogP contribution in [0.15, 0.2) is 48.8 Å². The fourth-order valence-corrected chi connectivity index (χ4v) is 1.87. The summed E-state index contributed by atoms with van der Waals surface area (Å²) in [6.07, 6.45) is 1.45. The van der Waals surface area contributed by atoms with E-state index in [9.17, 15) is 0 Å². The highest BCUT2D eigenvalue weighted by Gasteiger charge is 2.06. The van der Waals surface area contributed by atoms with Crippen molar-refractivity contribution >= 4 is 28.2 Å². The Hall–Kier alpha value is -2.33. The van der Waals surface area contributed by atoms with Crippen LogP contribution in [0, 0.1) is 0 Å². The summed E-state index contributed by atoms with van der Waals surface area (Å²) in [4.78, 5) is 8.31. The van der Waals surface area contributed by atoms with E-state index in [0.29, 0.717) is 22.3 Å². The van der Waals surface area contributed by atoms with Crippen molar-refractivity contribution in [3.63, 3.8) is 0 Å². The lowest BCUT2D eigenvalue weighted by atomic mass is 10.2. The molecule has 0 saturated heterocycles. The standard InChI is InChI=1S/C14H10ClN3O/c15-9-1-4-11(5-2-9)19-14-12-6-3-10(16)7-13(12)17-8-18-14/h1-8H,16H2. The van der Waals surface area contributed by atoms with Crippen LogP contribution >= 0.6 is 11.6 Å². The Labute approximate surface area is 114 Å². The molecule has 19 heavy (non-hydrogen) atoms. The molecule has 0 saturated carbocycles. The molecule has 5 heteroatoms. The lowest BCUT2D eigenvalue weighted by Crippen LogP contribution is -1.92. The summed E-state index contributed by atoms with van der Waals surface area (Å²) < 4.78 is 5.74. The predicted molar refractivity (Wildman–Crippen MR) is 75.5 cm³/mol. The Morgan fingerprint density at radius 2 is 1.79 bits per heavy atom. The van der Waals surface area contributed by atoms with Crippen molar-refractivity contribution in [1.29, 1.82) is 0 Å². The number of halogens is 1. The van der Waals surface area contributed by atoms with Crippen LogP contribution in [-0.2, 0) is 0 Å². The largest absolute Gasteiger partial charge is 0.438 e. The molecule has 0 atom stereocenters. The maximum Gasteiger partial charge on any atom is 0.230 e. The highest BCUT2D eigenvalue weighted by molar-refractivity contribution is 6.30. The SMILES string of the molecule is Nc1ccc2c(Oc3ccc(Cl)cc3)ncnc2c1. The minimum atomic E-state index is 0.493. The van der Waals surface area contributed by atoms with Crippen LogP contribution in [-0.4, -0.2) is 9.97 Å². The topological polar surface area (TPSA) is 61.0 Å². The van der Waals surface area contributed by atoms with Gasteiger partial charge in [0.15, 0.2) is 0 Å². The zero-order valence-electron chi connectivity index (χ0n) is 9.88. The first-order valence-corrected chi connectivity index (χ1v) is 6.04. The number of rotatable bonds is 2. The van der Waals surface area contributed by atoms with Gasteiger partial charge in [-0.15, -0.1) is 0 Å². The number of ether oxygens (including phenoxy) is 1. The molecule has 3 rings (SSSR count). The van der Waals surface area contributed by atoms with E-state index in [-0.39, 0.29) is 0 Å². The molecule has 0 bridgehead atoms. The van der Waals surface area contributed by atoms with E-state index in [0.717, 1.165) is 10.9 Å². The first-order valence-electron chi connectivity index (χ1n) is 5.66. The minimum absolute atomic E-state index is 0.493. The smallest absolute Gasteiger partial charge is 0.230 e. The van der Waals surface area contributed by atoms with Crippen LogP contribution in [0.25, 0.3) is 10.9 Å². The van der Waals surface area contributed by atoms with E-state index >= 15 is 0 Å². The van der Waals surface area contributed by atoms with Crippen molar-refractivity contribution in [2.75, 3.05) is 5.73 Å². The average molecular weight is 272 g/mol. The zero-order chi connectivity index (χ0) is 13.2. The van der Waals surface area contributed by atoms with Gasteiger partial charge < -0.3 is 10.5 Å². The van der Waals surface area contributed by atoms with Gasteiger partial charge in [0.1, 0.15) is 12.1 Å². The molecule has 1 aromatic heterocycles. The van der Waals surface area contributed by atoms with E-state index in [1.807, 2.05) is 6.07 Å². The zero-order valence-corrected chi connectivity index (χ0v) is 10.6. The molecule has 0 spiro atoms. The van der Waals surface area contributed by atoms with Gasteiger partial charge in [-0.2, -0.15) is 0 Å². The van der Waals surface area contributed by atoms with Crippen LogP contribution in [0.4, 0.5) is 5.69 Å². The van der Waals surface area contributed by atoms with Crippen molar-refractivity contribution in [1.82, 2.24) is 9.97 Å². The molecule has 1 heterocycles. The van der Waals surface area contributed by atoms with Gasteiger partial charge in [-0.05, 0) is 42.5 Å². The third-order valence-electron chi connectivity index (χ3n) is 2.65. The maximum atomic E-state index is 5.83. The third kappa shape index (κ3) is 2.44. The number of anilines is 1. The Balaban J connectivity index is 2.03. The van der Waals surface area contributed by atoms with Crippen LogP contribution in [0.2, 0.25) is 5.02 Å². The molecule has 0 radical (unpaired) electrons. The fourth-order valence-electron chi connectivity index (χ4n) is 1.74. The summed E-state index contributed by atoms with van der Waals surface area (Å²) in [5, 5.41) is 1.47. The van der Waals surface area contributed by atoms with Gasteiger partial charge in [0, 0.05) is 10.7 Å². The Kier molecular flexibility index (Phi) is 2.93. The molecule has 94 valence electrons. The van der Waals surface area contributed by atoms with Crippen molar-refractivity contribution in [2.24, 2.45) is 0 Å². The highest BCUT2D eigenvalue weighted by atomic mass is 35.5. The summed E-state index contributed by atoms with van der Waals surface area (Å²) in [5.74, 6) is 1.16. The van der Waals surface area contributed by atoms with Gasteiger partial charge in [-0.1, -0.05) is 11.6 Å². The monoisotopic (exact) mass is 271 g/mol. The molecule has 0 fully saturated rings. The Bertz CT molecular complexity index is 728. The van der Waals surface area contributed by atoms with Crippen LogP contribution < -0.4 is 10.5 Å². The van der Waals surface area contributed by atoms with Crippen LogP contribution in [0.1, 0.15) is 0 Å². The number of hydrogen-bond donors (Lipinski definition) is 1. The molecule has 0 aliphatic carbocycles. The second kappa shape index (κ2) is 4.74. The van der Waals surface area contributed by atoms with Gasteiger partial charge in [-0.3, -0.25) is 0 Å². The van der Waals surface area contributed by atoms with Crippen molar-refractivity contribution in [3.8, 4) is 11.6 Å². The van der Waals surface area contributed by atoms with Gasteiger partial charge in [0.2, 0.25) is 5.88 Å². The summed E-state index contributed by atoms with van der Waals surface area (Å²) in [6, 6.07) is 12.5. The molecule has 2 N–H and O–H groups in total. The molecule has 4 nitrogen and oxygen atoms in total. The van der Waals surface area contributed by atoms with Crippen LogP contribution in [0.3, 0.4) is 0 Å². The average Bonchev–Trinajstić information content (AvgIpc) is 2.41. The fraction of sp³-hybridized carbons (Fsp3) is 0.